The maximum Gasteiger partial charge on any atom is 0.0578 e. The van der Waals surface area contributed by atoms with E-state index in [0.717, 1.165) is 18.0 Å². The second-order valence-electron chi connectivity index (χ2n) is 9.49. The molecule has 1 saturated carbocycles. The van der Waals surface area contributed by atoms with Gasteiger partial charge in [-0.05, 0) is 79.1 Å². The van der Waals surface area contributed by atoms with Crippen LogP contribution in [0.1, 0.15) is 73.1 Å². The highest BCUT2D eigenvalue weighted by atomic mass is 16.5. The van der Waals surface area contributed by atoms with Gasteiger partial charge in [0.1, 0.15) is 0 Å². The molecular formula is C20H38N2O. The molecule has 2 atom stereocenters. The Bertz CT molecular complexity index is 368. The van der Waals surface area contributed by atoms with Gasteiger partial charge in [-0.25, -0.2) is 0 Å². The van der Waals surface area contributed by atoms with E-state index in [2.05, 4.69) is 44.4 Å². The number of piperazine rings is 1. The number of likely N-dealkylation sites (tertiary alicyclic amines) is 1. The Balaban J connectivity index is 1.49. The molecule has 2 heterocycles. The molecule has 0 aromatic heterocycles. The summed E-state index contributed by atoms with van der Waals surface area (Å²) in [6.45, 7) is 15.4. The summed E-state index contributed by atoms with van der Waals surface area (Å²) in [6.07, 6.45) is 9.05. The van der Waals surface area contributed by atoms with Crippen LogP contribution in [0.25, 0.3) is 0 Å². The van der Waals surface area contributed by atoms with Crippen molar-refractivity contribution in [1.29, 1.82) is 0 Å². The van der Waals surface area contributed by atoms with Crippen LogP contribution < -0.4 is 0 Å². The molecule has 134 valence electrons. The van der Waals surface area contributed by atoms with Crippen LogP contribution in [0.15, 0.2) is 0 Å². The number of hydrogen-bond acceptors (Lipinski definition) is 3. The Hall–Kier alpha value is -0.120. The second kappa shape index (κ2) is 7.01. The maximum absolute atomic E-state index is 6.02. The Morgan fingerprint density at radius 3 is 1.96 bits per heavy atom. The minimum Gasteiger partial charge on any atom is -0.376 e. The minimum absolute atomic E-state index is 0.333. The summed E-state index contributed by atoms with van der Waals surface area (Å²) in [5.74, 6) is 0.909. The van der Waals surface area contributed by atoms with Crippen LogP contribution in [0, 0.1) is 5.92 Å². The van der Waals surface area contributed by atoms with E-state index in [1.165, 1.54) is 58.2 Å². The second-order valence-corrected chi connectivity index (χ2v) is 9.49. The Kier molecular flexibility index (Phi) is 5.40. The van der Waals surface area contributed by atoms with Crippen molar-refractivity contribution in [2.45, 2.75) is 103 Å². The Morgan fingerprint density at radius 1 is 0.913 bits per heavy atom. The molecule has 3 fully saturated rings. The lowest BCUT2D eigenvalue weighted by atomic mass is 9.86. The molecule has 1 aliphatic carbocycles. The van der Waals surface area contributed by atoms with E-state index in [1.54, 1.807) is 0 Å². The van der Waals surface area contributed by atoms with E-state index >= 15 is 0 Å². The highest BCUT2D eigenvalue weighted by Gasteiger charge is 2.43. The lowest BCUT2D eigenvalue weighted by molar-refractivity contribution is -0.0308. The molecule has 3 nitrogen and oxygen atoms in total. The fraction of sp³-hybridized carbons (Fsp3) is 1.00. The van der Waals surface area contributed by atoms with Crippen LogP contribution in [-0.2, 0) is 4.74 Å². The van der Waals surface area contributed by atoms with Crippen molar-refractivity contribution in [2.24, 2.45) is 5.92 Å². The van der Waals surface area contributed by atoms with E-state index in [4.69, 9.17) is 4.74 Å². The third kappa shape index (κ3) is 4.29. The lowest BCUT2D eigenvalue weighted by Crippen LogP contribution is -2.59. The van der Waals surface area contributed by atoms with Crippen molar-refractivity contribution in [2.75, 3.05) is 19.6 Å². The van der Waals surface area contributed by atoms with Gasteiger partial charge in [-0.15, -0.1) is 0 Å². The first-order valence-corrected chi connectivity index (χ1v) is 9.99. The average molecular weight is 323 g/mol. The predicted molar refractivity (Wildman–Crippen MR) is 96.8 cm³/mol. The molecule has 0 radical (unpaired) electrons. The summed E-state index contributed by atoms with van der Waals surface area (Å²) in [5.41, 5.74) is 0.333. The van der Waals surface area contributed by atoms with Gasteiger partial charge >= 0.3 is 0 Å². The average Bonchev–Trinajstić information content (AvgIpc) is 2.69. The number of nitrogens with zero attached hydrogens (tertiary/aromatic N) is 2. The predicted octanol–water partition coefficient (Wildman–Crippen LogP) is 3.92. The summed E-state index contributed by atoms with van der Waals surface area (Å²) >= 11 is 0. The third-order valence-corrected chi connectivity index (χ3v) is 6.31. The van der Waals surface area contributed by atoms with Crippen molar-refractivity contribution >= 4 is 0 Å². The number of hydrogen-bond donors (Lipinski definition) is 0. The lowest BCUT2D eigenvalue weighted by Gasteiger charge is -2.48. The highest BCUT2D eigenvalue weighted by Crippen LogP contribution is 2.36. The topological polar surface area (TPSA) is 15.7 Å². The van der Waals surface area contributed by atoms with Crippen LogP contribution in [0.3, 0.4) is 0 Å². The van der Waals surface area contributed by atoms with Gasteiger partial charge in [-0.1, -0.05) is 0 Å². The molecule has 0 amide bonds. The van der Waals surface area contributed by atoms with Gasteiger partial charge < -0.3 is 4.74 Å². The van der Waals surface area contributed by atoms with Gasteiger partial charge in [-0.3, -0.25) is 9.80 Å². The number of rotatable bonds is 4. The van der Waals surface area contributed by atoms with Crippen LogP contribution >= 0.6 is 0 Å². The van der Waals surface area contributed by atoms with Gasteiger partial charge in [0.2, 0.25) is 0 Å². The summed E-state index contributed by atoms with van der Waals surface area (Å²) in [7, 11) is 0. The Labute approximate surface area is 143 Å². The molecule has 0 spiro atoms. The van der Waals surface area contributed by atoms with E-state index in [-0.39, 0.29) is 0 Å². The fourth-order valence-electron chi connectivity index (χ4n) is 4.97. The summed E-state index contributed by atoms with van der Waals surface area (Å²) in [6, 6.07) is 1.63. The standard InChI is InChI=1S/C20H38N2O/c1-15(2)23-19-10-6-16(7-11-19)12-22-17-8-9-18(22)14-21(13-17)20(3,4)5/h15-19H,6-14H2,1-5H3/t16-,17?,18?,19-. The first kappa shape index (κ1) is 17.7. The number of fused-ring (bicyclic) bond motifs is 2. The van der Waals surface area contributed by atoms with E-state index in [0.29, 0.717) is 17.7 Å². The largest absolute Gasteiger partial charge is 0.376 e. The van der Waals surface area contributed by atoms with Gasteiger partial charge in [0, 0.05) is 37.3 Å². The van der Waals surface area contributed by atoms with Gasteiger partial charge in [0.05, 0.1) is 12.2 Å². The molecule has 0 aromatic carbocycles. The fourth-order valence-corrected chi connectivity index (χ4v) is 4.97. The van der Waals surface area contributed by atoms with Crippen LogP contribution in [-0.4, -0.2) is 59.3 Å². The van der Waals surface area contributed by atoms with Gasteiger partial charge in [0.25, 0.3) is 0 Å². The van der Waals surface area contributed by atoms with Crippen molar-refractivity contribution < 1.29 is 4.74 Å². The molecule has 2 saturated heterocycles. The van der Waals surface area contributed by atoms with Crippen LogP contribution in [0.2, 0.25) is 0 Å². The summed E-state index contributed by atoms with van der Waals surface area (Å²) in [5, 5.41) is 0. The zero-order valence-electron chi connectivity index (χ0n) is 16.1. The molecule has 3 heteroatoms. The quantitative estimate of drug-likeness (QED) is 0.780. The van der Waals surface area contributed by atoms with Crippen molar-refractivity contribution in [1.82, 2.24) is 9.80 Å². The molecule has 0 aromatic rings. The van der Waals surface area contributed by atoms with E-state index in [9.17, 15) is 0 Å². The van der Waals surface area contributed by atoms with Crippen molar-refractivity contribution in [3.63, 3.8) is 0 Å². The Morgan fingerprint density at radius 2 is 1.48 bits per heavy atom. The molecule has 2 aliphatic heterocycles. The molecule has 2 unspecified atom stereocenters. The van der Waals surface area contributed by atoms with Crippen molar-refractivity contribution in [3.05, 3.63) is 0 Å². The summed E-state index contributed by atoms with van der Waals surface area (Å²) in [4.78, 5) is 5.61. The SMILES string of the molecule is CC(C)O[C@H]1CC[C@H](CN2C3CCC2CN(C(C)(C)C)C3)CC1. The zero-order chi connectivity index (χ0) is 16.6. The van der Waals surface area contributed by atoms with E-state index < -0.39 is 0 Å². The third-order valence-electron chi connectivity index (χ3n) is 6.31. The summed E-state index contributed by atoms with van der Waals surface area (Å²) < 4.78 is 6.02. The molecular weight excluding hydrogens is 284 g/mol. The van der Waals surface area contributed by atoms with Crippen LogP contribution in [0.5, 0.6) is 0 Å². The highest BCUT2D eigenvalue weighted by molar-refractivity contribution is 4.99. The molecule has 0 N–H and O–H groups in total. The molecule has 2 bridgehead atoms. The first-order chi connectivity index (χ1) is 10.8. The molecule has 23 heavy (non-hydrogen) atoms. The molecule has 3 aliphatic rings. The van der Waals surface area contributed by atoms with Crippen LogP contribution in [0.4, 0.5) is 0 Å². The number of ether oxygens (including phenoxy) is 1. The smallest absolute Gasteiger partial charge is 0.0578 e. The van der Waals surface area contributed by atoms with E-state index in [1.807, 2.05) is 0 Å². The van der Waals surface area contributed by atoms with Gasteiger partial charge in [0.15, 0.2) is 0 Å². The van der Waals surface area contributed by atoms with Gasteiger partial charge in [-0.2, -0.15) is 0 Å². The first-order valence-electron chi connectivity index (χ1n) is 9.99. The minimum atomic E-state index is 0.333. The normalized spacial score (nSPS) is 36.8. The maximum atomic E-state index is 6.02. The zero-order valence-corrected chi connectivity index (χ0v) is 16.1. The molecule has 3 rings (SSSR count). The monoisotopic (exact) mass is 322 g/mol. The van der Waals surface area contributed by atoms with Crippen molar-refractivity contribution in [3.8, 4) is 0 Å².